The molecule has 96 valence electrons. The zero-order valence-electron chi connectivity index (χ0n) is 10.6. The molecule has 0 amide bonds. The molecule has 3 rings (SSSR count). The predicted octanol–water partition coefficient (Wildman–Crippen LogP) is 1.39. The van der Waals surface area contributed by atoms with Gasteiger partial charge in [-0.2, -0.15) is 9.78 Å². The summed E-state index contributed by atoms with van der Waals surface area (Å²) in [7, 11) is 0. The Morgan fingerprint density at radius 3 is 2.79 bits per heavy atom. The molecule has 0 N–H and O–H groups in total. The van der Waals surface area contributed by atoms with E-state index in [9.17, 15) is 0 Å². The van der Waals surface area contributed by atoms with E-state index in [2.05, 4.69) is 25.6 Å². The summed E-state index contributed by atoms with van der Waals surface area (Å²) in [5.74, 6) is 1.65. The highest BCUT2D eigenvalue weighted by Crippen LogP contribution is 2.17. The number of tetrazole rings is 1. The van der Waals surface area contributed by atoms with Crippen LogP contribution in [0.2, 0.25) is 0 Å². The number of hydrogen-bond donors (Lipinski definition) is 0. The van der Waals surface area contributed by atoms with E-state index in [4.69, 9.17) is 4.52 Å². The average molecular weight is 256 g/mol. The van der Waals surface area contributed by atoms with Crippen molar-refractivity contribution in [3.8, 4) is 11.4 Å². The summed E-state index contributed by atoms with van der Waals surface area (Å²) in [6.07, 6.45) is 0. The zero-order chi connectivity index (χ0) is 13.2. The van der Waals surface area contributed by atoms with Crippen LogP contribution in [-0.4, -0.2) is 30.3 Å². The van der Waals surface area contributed by atoms with Gasteiger partial charge in [0.25, 0.3) is 0 Å². The van der Waals surface area contributed by atoms with Crippen LogP contribution in [0, 0.1) is 13.8 Å². The minimum absolute atomic E-state index is 0.343. The number of nitrogens with zero attached hydrogens (tertiary/aromatic N) is 6. The minimum Gasteiger partial charge on any atom is -0.340 e. The number of rotatable bonds is 3. The molecule has 0 aliphatic rings. The fraction of sp³-hybridized carbons (Fsp3) is 0.250. The lowest BCUT2D eigenvalue weighted by Gasteiger charge is -1.98. The molecule has 0 aliphatic carbocycles. The Hall–Kier alpha value is -2.57. The lowest BCUT2D eigenvalue weighted by Crippen LogP contribution is -2.05. The molecular weight excluding hydrogens is 244 g/mol. The summed E-state index contributed by atoms with van der Waals surface area (Å²) in [6, 6.07) is 7.91. The van der Waals surface area contributed by atoms with E-state index >= 15 is 0 Å². The lowest BCUT2D eigenvalue weighted by atomic mass is 10.1. The van der Waals surface area contributed by atoms with Gasteiger partial charge in [0.15, 0.2) is 5.82 Å². The second-order valence-electron chi connectivity index (χ2n) is 4.19. The first-order valence-corrected chi connectivity index (χ1v) is 5.85. The molecule has 2 heterocycles. The maximum absolute atomic E-state index is 4.90. The highest BCUT2D eigenvalue weighted by molar-refractivity contribution is 5.58. The van der Waals surface area contributed by atoms with E-state index in [1.54, 1.807) is 6.92 Å². The van der Waals surface area contributed by atoms with Crippen molar-refractivity contribution in [1.29, 1.82) is 0 Å². The minimum atomic E-state index is 0.343. The molecule has 0 aliphatic heterocycles. The highest BCUT2D eigenvalue weighted by atomic mass is 16.5. The van der Waals surface area contributed by atoms with Crippen molar-refractivity contribution in [1.82, 2.24) is 30.3 Å². The Morgan fingerprint density at radius 1 is 1.21 bits per heavy atom. The second-order valence-corrected chi connectivity index (χ2v) is 4.19. The number of benzene rings is 1. The molecule has 1 aromatic carbocycles. The van der Waals surface area contributed by atoms with Gasteiger partial charge in [-0.25, -0.2) is 0 Å². The fourth-order valence-electron chi connectivity index (χ4n) is 1.77. The molecule has 19 heavy (non-hydrogen) atoms. The SMILES string of the molecule is Cc1nc(Cn2nnc(-c3ccccc3C)n2)no1. The third-order valence-corrected chi connectivity index (χ3v) is 2.69. The first-order valence-electron chi connectivity index (χ1n) is 5.85. The van der Waals surface area contributed by atoms with Gasteiger partial charge >= 0.3 is 0 Å². The van der Waals surface area contributed by atoms with Crippen molar-refractivity contribution in [2.24, 2.45) is 0 Å². The molecule has 0 saturated heterocycles. The molecule has 0 fully saturated rings. The van der Waals surface area contributed by atoms with Crippen molar-refractivity contribution in [2.75, 3.05) is 0 Å². The normalized spacial score (nSPS) is 10.8. The van der Waals surface area contributed by atoms with E-state index in [1.165, 1.54) is 4.80 Å². The Balaban J connectivity index is 1.86. The zero-order valence-corrected chi connectivity index (χ0v) is 10.6. The van der Waals surface area contributed by atoms with Crippen LogP contribution in [0.15, 0.2) is 28.8 Å². The van der Waals surface area contributed by atoms with Crippen molar-refractivity contribution in [2.45, 2.75) is 20.4 Å². The van der Waals surface area contributed by atoms with Crippen LogP contribution in [0.25, 0.3) is 11.4 Å². The molecule has 0 unspecified atom stereocenters. The first-order chi connectivity index (χ1) is 9.22. The largest absolute Gasteiger partial charge is 0.340 e. The Bertz CT molecular complexity index is 702. The molecule has 2 aromatic heterocycles. The molecule has 0 bridgehead atoms. The van der Waals surface area contributed by atoms with Crippen LogP contribution in [0.4, 0.5) is 0 Å². The fourth-order valence-corrected chi connectivity index (χ4v) is 1.77. The van der Waals surface area contributed by atoms with Crippen molar-refractivity contribution in [3.63, 3.8) is 0 Å². The summed E-state index contributed by atoms with van der Waals surface area (Å²) in [6.45, 7) is 4.10. The molecule has 3 aromatic rings. The van der Waals surface area contributed by atoms with Crippen LogP contribution < -0.4 is 0 Å². The third kappa shape index (κ3) is 2.35. The van der Waals surface area contributed by atoms with Crippen LogP contribution >= 0.6 is 0 Å². The second kappa shape index (κ2) is 4.60. The Morgan fingerprint density at radius 2 is 2.05 bits per heavy atom. The lowest BCUT2D eigenvalue weighted by molar-refractivity contribution is 0.383. The molecule has 7 nitrogen and oxygen atoms in total. The van der Waals surface area contributed by atoms with E-state index in [0.29, 0.717) is 24.1 Å². The van der Waals surface area contributed by atoms with Gasteiger partial charge in [-0.1, -0.05) is 29.4 Å². The topological polar surface area (TPSA) is 82.5 Å². The van der Waals surface area contributed by atoms with Gasteiger partial charge in [-0.05, 0) is 17.7 Å². The van der Waals surface area contributed by atoms with Crippen LogP contribution in [-0.2, 0) is 6.54 Å². The van der Waals surface area contributed by atoms with Gasteiger partial charge in [0.2, 0.25) is 11.7 Å². The highest BCUT2D eigenvalue weighted by Gasteiger charge is 2.10. The molecule has 0 radical (unpaired) electrons. The quantitative estimate of drug-likeness (QED) is 0.704. The first kappa shape index (κ1) is 11.5. The van der Waals surface area contributed by atoms with E-state index in [1.807, 2.05) is 31.2 Å². The molecular formula is C12H12N6O. The monoisotopic (exact) mass is 256 g/mol. The van der Waals surface area contributed by atoms with Gasteiger partial charge in [-0.3, -0.25) is 0 Å². The summed E-state index contributed by atoms with van der Waals surface area (Å²) in [5.41, 5.74) is 2.08. The summed E-state index contributed by atoms with van der Waals surface area (Å²) < 4.78 is 4.90. The van der Waals surface area contributed by atoms with Gasteiger partial charge in [0, 0.05) is 12.5 Å². The average Bonchev–Trinajstić information content (AvgIpc) is 3.00. The van der Waals surface area contributed by atoms with Gasteiger partial charge < -0.3 is 4.52 Å². The van der Waals surface area contributed by atoms with E-state index in [0.717, 1.165) is 11.1 Å². The summed E-state index contributed by atoms with van der Waals surface area (Å²) in [4.78, 5) is 5.55. The van der Waals surface area contributed by atoms with Crippen molar-refractivity contribution in [3.05, 3.63) is 41.5 Å². The summed E-state index contributed by atoms with van der Waals surface area (Å²) >= 11 is 0. The molecule has 0 atom stereocenters. The van der Waals surface area contributed by atoms with Crippen molar-refractivity contribution >= 4 is 0 Å². The van der Waals surface area contributed by atoms with Crippen molar-refractivity contribution < 1.29 is 4.52 Å². The van der Waals surface area contributed by atoms with E-state index in [-0.39, 0.29) is 0 Å². The standard InChI is InChI=1S/C12H12N6O/c1-8-5-3-4-6-10(8)12-14-17-18(15-12)7-11-13-9(2)19-16-11/h3-6H,7H2,1-2H3. The van der Waals surface area contributed by atoms with Crippen LogP contribution in [0.1, 0.15) is 17.3 Å². The smallest absolute Gasteiger partial charge is 0.223 e. The third-order valence-electron chi connectivity index (χ3n) is 2.69. The van der Waals surface area contributed by atoms with Gasteiger partial charge in [0.05, 0.1) is 0 Å². The molecule has 7 heteroatoms. The number of aryl methyl sites for hydroxylation is 2. The van der Waals surface area contributed by atoms with Crippen LogP contribution in [0.5, 0.6) is 0 Å². The van der Waals surface area contributed by atoms with E-state index < -0.39 is 0 Å². The Kier molecular flexibility index (Phi) is 2.79. The maximum Gasteiger partial charge on any atom is 0.223 e. The van der Waals surface area contributed by atoms with Crippen LogP contribution in [0.3, 0.4) is 0 Å². The van der Waals surface area contributed by atoms with Gasteiger partial charge in [0.1, 0.15) is 6.54 Å². The van der Waals surface area contributed by atoms with Gasteiger partial charge in [-0.15, -0.1) is 10.2 Å². The maximum atomic E-state index is 4.90. The predicted molar refractivity (Wildman–Crippen MR) is 66.1 cm³/mol. The summed E-state index contributed by atoms with van der Waals surface area (Å²) in [5, 5.41) is 16.2. The number of aromatic nitrogens is 6. The number of hydrogen-bond acceptors (Lipinski definition) is 6. The Labute approximate surface area is 109 Å². The molecule has 0 saturated carbocycles. The molecule has 0 spiro atoms.